The van der Waals surface area contributed by atoms with Crippen molar-refractivity contribution in [3.63, 3.8) is 0 Å². The Balaban J connectivity index is 1.57. The summed E-state index contributed by atoms with van der Waals surface area (Å²) >= 11 is 0. The van der Waals surface area contributed by atoms with E-state index < -0.39 is 28.9 Å². The molecule has 1 aliphatic heterocycles. The van der Waals surface area contributed by atoms with Crippen molar-refractivity contribution in [2.45, 2.75) is 45.3 Å². The van der Waals surface area contributed by atoms with Gasteiger partial charge in [0, 0.05) is 30.4 Å². The molecule has 40 heavy (non-hydrogen) atoms. The van der Waals surface area contributed by atoms with E-state index in [4.69, 9.17) is 5.73 Å². The summed E-state index contributed by atoms with van der Waals surface area (Å²) in [5, 5.41) is 0. The lowest BCUT2D eigenvalue weighted by Crippen LogP contribution is -2.48. The Bertz CT molecular complexity index is 1560. The number of hydrogen-bond acceptors (Lipinski definition) is 4. The van der Waals surface area contributed by atoms with Gasteiger partial charge in [0.2, 0.25) is 0 Å². The van der Waals surface area contributed by atoms with Crippen LogP contribution in [0, 0.1) is 24.5 Å². The summed E-state index contributed by atoms with van der Waals surface area (Å²) in [6.45, 7) is 2.58. The van der Waals surface area contributed by atoms with Gasteiger partial charge in [-0.1, -0.05) is 66.7 Å². The van der Waals surface area contributed by atoms with Crippen LogP contribution in [0.4, 0.5) is 14.5 Å². The van der Waals surface area contributed by atoms with Crippen molar-refractivity contribution in [1.29, 1.82) is 0 Å². The molecule has 0 saturated carbocycles. The first-order chi connectivity index (χ1) is 19.3. The smallest absolute Gasteiger partial charge is 0.331 e. The van der Waals surface area contributed by atoms with Crippen LogP contribution in [0.5, 0.6) is 0 Å². The number of rotatable bonds is 8. The van der Waals surface area contributed by atoms with E-state index >= 15 is 0 Å². The Morgan fingerprint density at radius 3 is 2.23 bits per heavy atom. The van der Waals surface area contributed by atoms with E-state index in [2.05, 4.69) is 12.1 Å². The number of halogens is 2. The van der Waals surface area contributed by atoms with Gasteiger partial charge in [-0.3, -0.25) is 13.9 Å². The predicted molar refractivity (Wildman–Crippen MR) is 154 cm³/mol. The molecule has 2 atom stereocenters. The van der Waals surface area contributed by atoms with E-state index in [9.17, 15) is 18.4 Å². The first-order valence-electron chi connectivity index (χ1n) is 13.7. The minimum Gasteiger partial charge on any atom is -0.365 e. The van der Waals surface area contributed by atoms with Crippen LogP contribution >= 0.6 is 0 Å². The lowest BCUT2D eigenvalue weighted by Gasteiger charge is -2.35. The van der Waals surface area contributed by atoms with Crippen LogP contribution in [-0.2, 0) is 19.5 Å². The number of anilines is 1. The van der Waals surface area contributed by atoms with Crippen LogP contribution in [0.25, 0.3) is 0 Å². The van der Waals surface area contributed by atoms with Gasteiger partial charge in [-0.15, -0.1) is 0 Å². The highest BCUT2D eigenvalue weighted by molar-refractivity contribution is 5.50. The normalized spacial score (nSPS) is 16.2. The molecular weight excluding hydrogens is 510 g/mol. The van der Waals surface area contributed by atoms with E-state index in [0.717, 1.165) is 29.4 Å². The number of nitrogens with zero attached hydrogens (tertiary/aromatic N) is 3. The molecule has 1 aliphatic rings. The highest BCUT2D eigenvalue weighted by Crippen LogP contribution is 2.26. The first-order valence-corrected chi connectivity index (χ1v) is 13.7. The quantitative estimate of drug-likeness (QED) is 0.346. The van der Waals surface area contributed by atoms with E-state index in [1.807, 2.05) is 53.4 Å². The van der Waals surface area contributed by atoms with Gasteiger partial charge in [-0.25, -0.2) is 13.6 Å². The third-order valence-corrected chi connectivity index (χ3v) is 7.84. The van der Waals surface area contributed by atoms with Gasteiger partial charge in [0.05, 0.1) is 13.1 Å². The number of benzene rings is 3. The van der Waals surface area contributed by atoms with Crippen LogP contribution in [0.1, 0.15) is 41.3 Å². The number of piperidine rings is 1. The lowest BCUT2D eigenvalue weighted by atomic mass is 9.91. The van der Waals surface area contributed by atoms with Crippen LogP contribution in [0.2, 0.25) is 0 Å². The molecule has 0 radical (unpaired) electrons. The van der Waals surface area contributed by atoms with Crippen molar-refractivity contribution < 1.29 is 8.78 Å². The van der Waals surface area contributed by atoms with E-state index in [1.165, 1.54) is 28.3 Å². The maximum Gasteiger partial charge on any atom is 0.331 e. The monoisotopic (exact) mass is 544 g/mol. The Kier molecular flexibility index (Phi) is 8.26. The second kappa shape index (κ2) is 12.0. The second-order valence-corrected chi connectivity index (χ2v) is 10.6. The molecule has 1 aromatic heterocycles. The third kappa shape index (κ3) is 5.77. The van der Waals surface area contributed by atoms with Crippen LogP contribution in [-0.4, -0.2) is 22.2 Å². The zero-order chi connectivity index (χ0) is 28.2. The van der Waals surface area contributed by atoms with Crippen molar-refractivity contribution in [2.24, 2.45) is 11.7 Å². The molecule has 0 amide bonds. The molecule has 6 nitrogen and oxygen atoms in total. The van der Waals surface area contributed by atoms with Crippen molar-refractivity contribution in [3.8, 4) is 0 Å². The Morgan fingerprint density at radius 1 is 0.900 bits per heavy atom. The van der Waals surface area contributed by atoms with Gasteiger partial charge in [-0.2, -0.15) is 0 Å². The summed E-state index contributed by atoms with van der Waals surface area (Å²) in [6.07, 6.45) is 2.79. The second-order valence-electron chi connectivity index (χ2n) is 10.6. The minimum absolute atomic E-state index is 0.0595. The van der Waals surface area contributed by atoms with E-state index in [-0.39, 0.29) is 18.7 Å². The van der Waals surface area contributed by atoms with Gasteiger partial charge in [0.15, 0.2) is 0 Å². The summed E-state index contributed by atoms with van der Waals surface area (Å²) in [7, 11) is 0. The zero-order valence-corrected chi connectivity index (χ0v) is 22.6. The van der Waals surface area contributed by atoms with Gasteiger partial charge < -0.3 is 10.6 Å². The maximum absolute atomic E-state index is 14.7. The molecule has 0 spiro atoms. The first kappa shape index (κ1) is 27.5. The fourth-order valence-corrected chi connectivity index (χ4v) is 5.72. The van der Waals surface area contributed by atoms with Crippen molar-refractivity contribution in [2.75, 3.05) is 18.0 Å². The highest BCUT2D eigenvalue weighted by Gasteiger charge is 2.28. The average molecular weight is 545 g/mol. The van der Waals surface area contributed by atoms with E-state index in [1.54, 1.807) is 6.92 Å². The molecule has 2 N–H and O–H groups in total. The fraction of sp³-hybridized carbons (Fsp3) is 0.312. The summed E-state index contributed by atoms with van der Waals surface area (Å²) in [5.74, 6) is -1.17. The molecule has 1 saturated heterocycles. The molecule has 4 aromatic rings. The standard InChI is InChI=1S/C32H34F2N4O2/c1-22-30(36-17-9-12-24(19-36)18-23-10-4-2-5-11-23)31(39)38(21-29(35)25-13-6-3-7-14-25)32(40)37(22)20-26-27(33)15-8-16-28(26)34/h2-8,10-11,13-16,24,29H,9,12,17-21,35H2,1H3/t24?,29-/m1/s1. The van der Waals surface area contributed by atoms with Crippen LogP contribution < -0.4 is 21.9 Å². The summed E-state index contributed by atoms with van der Waals surface area (Å²) in [4.78, 5) is 29.8. The molecule has 3 aromatic carbocycles. The van der Waals surface area contributed by atoms with E-state index in [0.29, 0.717) is 30.4 Å². The molecule has 2 heterocycles. The number of hydrogen-bond donors (Lipinski definition) is 1. The largest absolute Gasteiger partial charge is 0.365 e. The SMILES string of the molecule is Cc1c(N2CCCC(Cc3ccccc3)C2)c(=O)n(C[C@@H](N)c2ccccc2)c(=O)n1Cc1c(F)cccc1F. The fourth-order valence-electron chi connectivity index (χ4n) is 5.72. The third-order valence-electron chi connectivity index (χ3n) is 7.84. The zero-order valence-electron chi connectivity index (χ0n) is 22.6. The molecular formula is C32H34F2N4O2. The van der Waals surface area contributed by atoms with Gasteiger partial charge in [0.25, 0.3) is 5.56 Å². The average Bonchev–Trinajstić information content (AvgIpc) is 2.96. The maximum atomic E-state index is 14.7. The van der Waals surface area contributed by atoms with Crippen LogP contribution in [0.3, 0.4) is 0 Å². The molecule has 0 bridgehead atoms. The van der Waals surface area contributed by atoms with Gasteiger partial charge in [-0.05, 0) is 55.4 Å². The lowest BCUT2D eigenvalue weighted by molar-refractivity contribution is 0.408. The molecule has 1 fully saturated rings. The molecule has 1 unspecified atom stereocenters. The topological polar surface area (TPSA) is 73.3 Å². The van der Waals surface area contributed by atoms with Crippen LogP contribution in [0.15, 0.2) is 88.5 Å². The number of nitrogens with two attached hydrogens (primary N) is 1. The van der Waals surface area contributed by atoms with Crippen molar-refractivity contribution >= 4 is 5.69 Å². The van der Waals surface area contributed by atoms with Crippen molar-refractivity contribution in [3.05, 3.63) is 134 Å². The molecule has 0 aliphatic carbocycles. The van der Waals surface area contributed by atoms with Gasteiger partial charge in [0.1, 0.15) is 17.3 Å². The molecule has 208 valence electrons. The molecule has 5 rings (SSSR count). The highest BCUT2D eigenvalue weighted by atomic mass is 19.1. The summed E-state index contributed by atoms with van der Waals surface area (Å²) < 4.78 is 31.8. The Labute approximate surface area is 232 Å². The summed E-state index contributed by atoms with van der Waals surface area (Å²) in [6, 6.07) is 22.5. The number of aromatic nitrogens is 2. The molecule has 8 heteroatoms. The van der Waals surface area contributed by atoms with Gasteiger partial charge >= 0.3 is 5.69 Å². The summed E-state index contributed by atoms with van der Waals surface area (Å²) in [5.41, 5.74) is 7.94. The Morgan fingerprint density at radius 2 is 1.55 bits per heavy atom. The minimum atomic E-state index is -0.743. The predicted octanol–water partition coefficient (Wildman–Crippen LogP) is 4.80. The van der Waals surface area contributed by atoms with Crippen molar-refractivity contribution in [1.82, 2.24) is 9.13 Å². The Hall–Kier alpha value is -4.04.